The molecule has 0 aromatic heterocycles. The van der Waals surface area contributed by atoms with Gasteiger partial charge in [-0.1, -0.05) is 44.2 Å². The lowest BCUT2D eigenvalue weighted by Gasteiger charge is -2.33. The first-order chi connectivity index (χ1) is 12.4. The maximum Gasteiger partial charge on any atom is 0.326 e. The number of benzene rings is 1. The minimum absolute atomic E-state index is 0.00525. The summed E-state index contributed by atoms with van der Waals surface area (Å²) in [6.07, 6.45) is 2.14. The number of carbonyl (C=O) groups excluding carboxylic acids is 2. The SMILES string of the molecule is CC(C)CC(NC(=O)C1CCCN(C(=O)Cc2ccccc2)C1)C(=O)O. The van der Waals surface area contributed by atoms with Gasteiger partial charge in [0.1, 0.15) is 6.04 Å². The number of carboxylic acids is 1. The standard InChI is InChI=1S/C20H28N2O4/c1-14(2)11-17(20(25)26)21-19(24)16-9-6-10-22(13-16)18(23)12-15-7-4-3-5-8-15/h3-5,7-8,14,16-17H,6,9-13H2,1-2H3,(H,21,24)(H,25,26). The number of nitrogens with one attached hydrogen (secondary N) is 1. The van der Waals surface area contributed by atoms with Gasteiger partial charge in [-0.05, 0) is 30.7 Å². The lowest BCUT2D eigenvalue weighted by molar-refractivity contribution is -0.144. The molecule has 2 unspecified atom stereocenters. The normalized spacial score (nSPS) is 18.4. The average Bonchev–Trinajstić information content (AvgIpc) is 2.61. The lowest BCUT2D eigenvalue weighted by Crippen LogP contribution is -2.49. The van der Waals surface area contributed by atoms with Gasteiger partial charge in [0.2, 0.25) is 11.8 Å². The first-order valence-corrected chi connectivity index (χ1v) is 9.21. The van der Waals surface area contributed by atoms with Gasteiger partial charge < -0.3 is 15.3 Å². The van der Waals surface area contributed by atoms with Gasteiger partial charge in [0.05, 0.1) is 12.3 Å². The summed E-state index contributed by atoms with van der Waals surface area (Å²) in [4.78, 5) is 38.1. The van der Waals surface area contributed by atoms with Gasteiger partial charge in [-0.3, -0.25) is 9.59 Å². The molecular weight excluding hydrogens is 332 g/mol. The summed E-state index contributed by atoms with van der Waals surface area (Å²) in [6.45, 7) is 4.84. The van der Waals surface area contributed by atoms with Crippen molar-refractivity contribution in [3.05, 3.63) is 35.9 Å². The molecular formula is C20H28N2O4. The highest BCUT2D eigenvalue weighted by atomic mass is 16.4. The minimum atomic E-state index is -1.01. The number of hydrogen-bond acceptors (Lipinski definition) is 3. The summed E-state index contributed by atoms with van der Waals surface area (Å²) in [5.74, 6) is -1.45. The van der Waals surface area contributed by atoms with Crippen molar-refractivity contribution in [1.82, 2.24) is 10.2 Å². The van der Waals surface area contributed by atoms with Crippen molar-refractivity contribution in [3.8, 4) is 0 Å². The fourth-order valence-electron chi connectivity index (χ4n) is 3.28. The zero-order chi connectivity index (χ0) is 19.1. The highest BCUT2D eigenvalue weighted by molar-refractivity contribution is 5.86. The first-order valence-electron chi connectivity index (χ1n) is 9.21. The van der Waals surface area contributed by atoms with E-state index >= 15 is 0 Å². The molecule has 1 heterocycles. The molecule has 0 radical (unpaired) electrons. The number of carbonyl (C=O) groups is 3. The van der Waals surface area contributed by atoms with Crippen molar-refractivity contribution in [3.63, 3.8) is 0 Å². The quantitative estimate of drug-likeness (QED) is 0.779. The highest BCUT2D eigenvalue weighted by Gasteiger charge is 2.31. The number of piperidine rings is 1. The number of hydrogen-bond donors (Lipinski definition) is 2. The van der Waals surface area contributed by atoms with E-state index in [0.717, 1.165) is 12.0 Å². The van der Waals surface area contributed by atoms with Gasteiger partial charge in [0.15, 0.2) is 0 Å². The molecule has 2 N–H and O–H groups in total. The number of rotatable bonds is 7. The van der Waals surface area contributed by atoms with Crippen LogP contribution in [0.5, 0.6) is 0 Å². The molecule has 2 rings (SSSR count). The molecule has 2 atom stereocenters. The van der Waals surface area contributed by atoms with Crippen LogP contribution >= 0.6 is 0 Å². The molecule has 0 aliphatic carbocycles. The van der Waals surface area contributed by atoms with Crippen molar-refractivity contribution >= 4 is 17.8 Å². The Labute approximate surface area is 154 Å². The molecule has 26 heavy (non-hydrogen) atoms. The van der Waals surface area contributed by atoms with E-state index in [4.69, 9.17) is 0 Å². The van der Waals surface area contributed by atoms with Gasteiger partial charge in [0, 0.05) is 13.1 Å². The second kappa shape index (κ2) is 9.36. The molecule has 1 aliphatic heterocycles. The largest absolute Gasteiger partial charge is 0.480 e. The fourth-order valence-corrected chi connectivity index (χ4v) is 3.28. The highest BCUT2D eigenvalue weighted by Crippen LogP contribution is 2.18. The van der Waals surface area contributed by atoms with Crippen LogP contribution in [0.2, 0.25) is 0 Å². The summed E-state index contributed by atoms with van der Waals surface area (Å²) in [7, 11) is 0. The van der Waals surface area contributed by atoms with Crippen LogP contribution in [0.4, 0.5) is 0 Å². The third-order valence-corrected chi connectivity index (χ3v) is 4.66. The predicted octanol–water partition coefficient (Wildman–Crippen LogP) is 2.08. The van der Waals surface area contributed by atoms with Crippen LogP contribution in [0.15, 0.2) is 30.3 Å². The fraction of sp³-hybridized carbons (Fsp3) is 0.550. The molecule has 1 aromatic rings. The second-order valence-electron chi connectivity index (χ2n) is 7.37. The molecule has 142 valence electrons. The van der Waals surface area contributed by atoms with Crippen LogP contribution in [-0.2, 0) is 20.8 Å². The van der Waals surface area contributed by atoms with E-state index in [0.29, 0.717) is 32.4 Å². The molecule has 0 spiro atoms. The summed E-state index contributed by atoms with van der Waals surface area (Å²) in [5.41, 5.74) is 0.951. The molecule has 2 amide bonds. The Bertz CT molecular complexity index is 630. The van der Waals surface area contributed by atoms with Gasteiger partial charge in [-0.25, -0.2) is 4.79 Å². The number of nitrogens with zero attached hydrogens (tertiary/aromatic N) is 1. The summed E-state index contributed by atoms with van der Waals surface area (Å²) >= 11 is 0. The molecule has 6 nitrogen and oxygen atoms in total. The van der Waals surface area contributed by atoms with E-state index in [1.165, 1.54) is 0 Å². The van der Waals surface area contributed by atoms with Crippen LogP contribution in [0.25, 0.3) is 0 Å². The average molecular weight is 360 g/mol. The minimum Gasteiger partial charge on any atom is -0.480 e. The Kier molecular flexibility index (Phi) is 7.18. The van der Waals surface area contributed by atoms with Crippen LogP contribution < -0.4 is 5.32 Å². The number of amides is 2. The Balaban J connectivity index is 1.92. The van der Waals surface area contributed by atoms with E-state index < -0.39 is 12.0 Å². The Hall–Kier alpha value is -2.37. The molecule has 0 saturated carbocycles. The zero-order valence-corrected chi connectivity index (χ0v) is 15.5. The number of likely N-dealkylation sites (tertiary alicyclic amines) is 1. The molecule has 0 bridgehead atoms. The first kappa shape index (κ1) is 19.9. The smallest absolute Gasteiger partial charge is 0.326 e. The van der Waals surface area contributed by atoms with Crippen LogP contribution in [0, 0.1) is 11.8 Å². The van der Waals surface area contributed by atoms with Crippen molar-refractivity contribution in [1.29, 1.82) is 0 Å². The summed E-state index contributed by atoms with van der Waals surface area (Å²) in [5, 5.41) is 11.9. The van der Waals surface area contributed by atoms with Crippen LogP contribution in [0.3, 0.4) is 0 Å². The third-order valence-electron chi connectivity index (χ3n) is 4.66. The number of aliphatic carboxylic acids is 1. The monoisotopic (exact) mass is 360 g/mol. The predicted molar refractivity (Wildman–Crippen MR) is 98.5 cm³/mol. The molecule has 1 fully saturated rings. The van der Waals surface area contributed by atoms with Gasteiger partial charge in [-0.15, -0.1) is 0 Å². The van der Waals surface area contributed by atoms with Crippen molar-refractivity contribution in [2.24, 2.45) is 11.8 Å². The van der Waals surface area contributed by atoms with E-state index in [2.05, 4.69) is 5.32 Å². The summed E-state index contributed by atoms with van der Waals surface area (Å²) < 4.78 is 0. The van der Waals surface area contributed by atoms with Crippen molar-refractivity contribution in [2.45, 2.75) is 45.6 Å². The van der Waals surface area contributed by atoms with Crippen LogP contribution in [-0.4, -0.2) is 46.9 Å². The molecule has 1 aromatic carbocycles. The van der Waals surface area contributed by atoms with E-state index in [1.54, 1.807) is 4.90 Å². The van der Waals surface area contributed by atoms with Gasteiger partial charge in [-0.2, -0.15) is 0 Å². The second-order valence-corrected chi connectivity index (χ2v) is 7.37. The third kappa shape index (κ3) is 5.86. The molecule has 1 aliphatic rings. The number of carboxylic acid groups (broad SMARTS) is 1. The Morgan fingerprint density at radius 1 is 1.23 bits per heavy atom. The van der Waals surface area contributed by atoms with Gasteiger partial charge >= 0.3 is 5.97 Å². The van der Waals surface area contributed by atoms with Crippen molar-refractivity contribution in [2.75, 3.05) is 13.1 Å². The lowest BCUT2D eigenvalue weighted by atomic mass is 9.95. The Morgan fingerprint density at radius 3 is 2.54 bits per heavy atom. The maximum absolute atomic E-state index is 12.5. The topological polar surface area (TPSA) is 86.7 Å². The zero-order valence-electron chi connectivity index (χ0n) is 15.5. The van der Waals surface area contributed by atoms with Gasteiger partial charge in [0.25, 0.3) is 0 Å². The summed E-state index contributed by atoms with van der Waals surface area (Å²) in [6, 6.07) is 8.65. The van der Waals surface area contributed by atoms with E-state index in [9.17, 15) is 19.5 Å². The molecule has 1 saturated heterocycles. The molecule has 6 heteroatoms. The maximum atomic E-state index is 12.5. The van der Waals surface area contributed by atoms with E-state index in [1.807, 2.05) is 44.2 Å². The van der Waals surface area contributed by atoms with Crippen molar-refractivity contribution < 1.29 is 19.5 Å². The van der Waals surface area contributed by atoms with Crippen LogP contribution in [0.1, 0.15) is 38.7 Å². The Morgan fingerprint density at radius 2 is 1.92 bits per heavy atom. The van der Waals surface area contributed by atoms with E-state index in [-0.39, 0.29) is 23.7 Å².